The molecule has 0 radical (unpaired) electrons. The zero-order valence-corrected chi connectivity index (χ0v) is 18.3. The molecule has 0 atom stereocenters. The Hall–Kier alpha value is -2.38. The highest BCUT2D eigenvalue weighted by Gasteiger charge is 2.42. The second kappa shape index (κ2) is 13.7. The fourth-order valence-electron chi connectivity index (χ4n) is 2.11. The Bertz CT molecular complexity index is 535. The van der Waals surface area contributed by atoms with E-state index < -0.39 is 42.9 Å². The molecule has 8 heteroatoms. The molecule has 0 saturated carbocycles. The van der Waals surface area contributed by atoms with E-state index in [1.165, 1.54) is 19.1 Å². The van der Waals surface area contributed by atoms with Crippen LogP contribution < -0.4 is 0 Å². The van der Waals surface area contributed by atoms with Crippen LogP contribution in [0.3, 0.4) is 0 Å². The number of rotatable bonds is 13. The number of ether oxygens (including phenoxy) is 4. The standard InChI is InChI=1S/C21H34O8/c1-7-12-21(6,19(24)28-13-26-17(22)10-8-15(2)3)20(25)29-14-27-18(23)11-9-16(4)5/h7,12,15-16H,8-11,13-14H2,1-6H3. The van der Waals surface area contributed by atoms with Crippen LogP contribution in [0, 0.1) is 17.3 Å². The normalized spacial score (nSPS) is 11.6. The summed E-state index contributed by atoms with van der Waals surface area (Å²) in [5.74, 6) is -2.17. The van der Waals surface area contributed by atoms with Gasteiger partial charge >= 0.3 is 23.9 Å². The quantitative estimate of drug-likeness (QED) is 0.195. The van der Waals surface area contributed by atoms with Gasteiger partial charge in [0.1, 0.15) is 0 Å². The van der Waals surface area contributed by atoms with Crippen molar-refractivity contribution in [3.8, 4) is 0 Å². The van der Waals surface area contributed by atoms with Gasteiger partial charge in [0.25, 0.3) is 0 Å². The van der Waals surface area contributed by atoms with Crippen molar-refractivity contribution in [2.45, 2.75) is 67.2 Å². The van der Waals surface area contributed by atoms with Gasteiger partial charge in [-0.25, -0.2) is 0 Å². The van der Waals surface area contributed by atoms with E-state index in [9.17, 15) is 19.2 Å². The van der Waals surface area contributed by atoms with E-state index >= 15 is 0 Å². The minimum absolute atomic E-state index is 0.214. The van der Waals surface area contributed by atoms with Crippen LogP contribution >= 0.6 is 0 Å². The number of allylic oxidation sites excluding steroid dienone is 1. The van der Waals surface area contributed by atoms with Crippen molar-refractivity contribution in [3.63, 3.8) is 0 Å². The van der Waals surface area contributed by atoms with Gasteiger partial charge in [0.2, 0.25) is 13.6 Å². The highest BCUT2D eigenvalue weighted by Crippen LogP contribution is 2.23. The van der Waals surface area contributed by atoms with Gasteiger partial charge in [-0.15, -0.1) is 0 Å². The molecule has 0 N–H and O–H groups in total. The van der Waals surface area contributed by atoms with Crippen LogP contribution in [-0.4, -0.2) is 37.5 Å². The summed E-state index contributed by atoms with van der Waals surface area (Å²) in [7, 11) is 0. The van der Waals surface area contributed by atoms with Crippen LogP contribution in [0.25, 0.3) is 0 Å². The molecule has 29 heavy (non-hydrogen) atoms. The largest absolute Gasteiger partial charge is 0.428 e. The molecule has 166 valence electrons. The van der Waals surface area contributed by atoms with Crippen molar-refractivity contribution in [3.05, 3.63) is 12.2 Å². The first-order valence-electron chi connectivity index (χ1n) is 9.82. The SMILES string of the molecule is CC=CC(C)(C(=O)OCOC(=O)CCC(C)C)C(=O)OCOC(=O)CCC(C)C. The van der Waals surface area contributed by atoms with E-state index in [0.717, 1.165) is 0 Å². The maximum absolute atomic E-state index is 12.3. The van der Waals surface area contributed by atoms with Gasteiger partial charge in [-0.2, -0.15) is 0 Å². The lowest BCUT2D eigenvalue weighted by Gasteiger charge is -2.21. The maximum Gasteiger partial charge on any atom is 0.330 e. The van der Waals surface area contributed by atoms with Crippen molar-refractivity contribution >= 4 is 23.9 Å². The number of hydrogen-bond donors (Lipinski definition) is 0. The minimum Gasteiger partial charge on any atom is -0.428 e. The van der Waals surface area contributed by atoms with Crippen LogP contribution in [0.1, 0.15) is 67.2 Å². The fraction of sp³-hybridized carbons (Fsp3) is 0.714. The molecule has 0 bridgehead atoms. The molecule has 0 aromatic rings. The molecule has 0 aliphatic carbocycles. The molecular weight excluding hydrogens is 380 g/mol. The summed E-state index contributed by atoms with van der Waals surface area (Å²) >= 11 is 0. The summed E-state index contributed by atoms with van der Waals surface area (Å²) in [5.41, 5.74) is -1.76. The Balaban J connectivity index is 4.57. The minimum atomic E-state index is -1.76. The first-order valence-corrected chi connectivity index (χ1v) is 9.82. The average molecular weight is 414 g/mol. The van der Waals surface area contributed by atoms with Crippen molar-refractivity contribution < 1.29 is 38.1 Å². The number of carbonyl (C=O) groups excluding carboxylic acids is 4. The van der Waals surface area contributed by atoms with Crippen molar-refractivity contribution in [2.75, 3.05) is 13.6 Å². The summed E-state index contributed by atoms with van der Waals surface area (Å²) in [5, 5.41) is 0. The van der Waals surface area contributed by atoms with Gasteiger partial charge in [0.15, 0.2) is 5.41 Å². The molecule has 8 nitrogen and oxygen atoms in total. The van der Waals surface area contributed by atoms with Crippen LogP contribution in [0.2, 0.25) is 0 Å². The first kappa shape index (κ1) is 26.6. The number of esters is 4. The Labute approximate surface area is 172 Å². The molecule has 0 aliphatic heterocycles. The van der Waals surface area contributed by atoms with Crippen LogP contribution in [0.4, 0.5) is 0 Å². The zero-order valence-electron chi connectivity index (χ0n) is 18.3. The molecule has 0 aromatic carbocycles. The lowest BCUT2D eigenvalue weighted by Crippen LogP contribution is -2.38. The third-order valence-electron chi connectivity index (χ3n) is 4.02. The van der Waals surface area contributed by atoms with Gasteiger partial charge in [-0.1, -0.05) is 39.8 Å². The molecule has 0 fully saturated rings. The van der Waals surface area contributed by atoms with E-state index in [-0.39, 0.29) is 12.8 Å². The molecule has 0 amide bonds. The van der Waals surface area contributed by atoms with Crippen molar-refractivity contribution in [2.24, 2.45) is 17.3 Å². The summed E-state index contributed by atoms with van der Waals surface area (Å²) in [6.45, 7) is 9.63. The van der Waals surface area contributed by atoms with Gasteiger partial charge in [0.05, 0.1) is 0 Å². The average Bonchev–Trinajstić information content (AvgIpc) is 2.64. The van der Waals surface area contributed by atoms with E-state index in [2.05, 4.69) is 0 Å². The van der Waals surface area contributed by atoms with Gasteiger partial charge in [-0.3, -0.25) is 19.2 Å². The monoisotopic (exact) mass is 414 g/mol. The van der Waals surface area contributed by atoms with Gasteiger partial charge < -0.3 is 18.9 Å². The molecule has 0 rings (SSSR count). The van der Waals surface area contributed by atoms with Crippen molar-refractivity contribution in [1.29, 1.82) is 0 Å². The summed E-state index contributed by atoms with van der Waals surface area (Å²) in [6.07, 6.45) is 4.54. The van der Waals surface area contributed by atoms with Crippen LogP contribution in [-0.2, 0) is 38.1 Å². The highest BCUT2D eigenvalue weighted by molar-refractivity contribution is 6.01. The zero-order chi connectivity index (χ0) is 22.4. The predicted octanol–water partition coefficient (Wildman–Crippen LogP) is 3.53. The summed E-state index contributed by atoms with van der Waals surface area (Å²) in [6, 6.07) is 0. The smallest absolute Gasteiger partial charge is 0.330 e. The predicted molar refractivity (Wildman–Crippen MR) is 105 cm³/mol. The van der Waals surface area contributed by atoms with E-state index in [4.69, 9.17) is 18.9 Å². The Morgan fingerprint density at radius 2 is 1.14 bits per heavy atom. The number of carbonyl (C=O) groups is 4. The molecule has 0 aromatic heterocycles. The Morgan fingerprint density at radius 1 is 0.759 bits per heavy atom. The van der Waals surface area contributed by atoms with Crippen molar-refractivity contribution in [1.82, 2.24) is 0 Å². The Morgan fingerprint density at radius 3 is 1.45 bits per heavy atom. The second-order valence-corrected chi connectivity index (χ2v) is 7.70. The summed E-state index contributed by atoms with van der Waals surface area (Å²) < 4.78 is 19.5. The maximum atomic E-state index is 12.3. The molecule has 0 spiro atoms. The summed E-state index contributed by atoms with van der Waals surface area (Å²) in [4.78, 5) is 47.8. The van der Waals surface area contributed by atoms with E-state index in [1.807, 2.05) is 27.7 Å². The molecule has 0 unspecified atom stereocenters. The molecule has 0 saturated heterocycles. The number of hydrogen-bond acceptors (Lipinski definition) is 8. The first-order chi connectivity index (χ1) is 13.5. The Kier molecular flexibility index (Phi) is 12.6. The van der Waals surface area contributed by atoms with Gasteiger partial charge in [0, 0.05) is 12.8 Å². The lowest BCUT2D eigenvalue weighted by atomic mass is 9.90. The van der Waals surface area contributed by atoms with E-state index in [1.54, 1.807) is 6.92 Å². The molecular formula is C21H34O8. The van der Waals surface area contributed by atoms with E-state index in [0.29, 0.717) is 24.7 Å². The highest BCUT2D eigenvalue weighted by atomic mass is 16.7. The third-order valence-corrected chi connectivity index (χ3v) is 4.02. The van der Waals surface area contributed by atoms with Gasteiger partial charge in [-0.05, 0) is 38.5 Å². The third kappa shape index (κ3) is 11.3. The van der Waals surface area contributed by atoms with Crippen LogP contribution in [0.5, 0.6) is 0 Å². The lowest BCUT2D eigenvalue weighted by molar-refractivity contribution is -0.183. The molecule has 0 aliphatic rings. The second-order valence-electron chi connectivity index (χ2n) is 7.70. The van der Waals surface area contributed by atoms with Crippen LogP contribution in [0.15, 0.2) is 12.2 Å². The topological polar surface area (TPSA) is 105 Å². The fourth-order valence-corrected chi connectivity index (χ4v) is 2.11. The molecule has 0 heterocycles.